The van der Waals surface area contributed by atoms with Crippen LogP contribution in [0.5, 0.6) is 0 Å². The Morgan fingerprint density at radius 2 is 1.84 bits per heavy atom. The van der Waals surface area contributed by atoms with Gasteiger partial charge in [-0.3, -0.25) is 9.98 Å². The predicted octanol–water partition coefficient (Wildman–Crippen LogP) is 5.82. The smallest absolute Gasteiger partial charge is 0.163 e. The van der Waals surface area contributed by atoms with E-state index in [9.17, 15) is 0 Å². The molecule has 3 aliphatic rings. The lowest BCUT2D eigenvalue weighted by molar-refractivity contribution is 0.0899. The number of hydrogen-bond acceptors (Lipinski definition) is 6. The van der Waals surface area contributed by atoms with Crippen molar-refractivity contribution in [1.29, 1.82) is 0 Å². The fourth-order valence-corrected chi connectivity index (χ4v) is 7.40. The van der Waals surface area contributed by atoms with Crippen LogP contribution in [0, 0.1) is 5.92 Å². The molecule has 2 unspecified atom stereocenters. The van der Waals surface area contributed by atoms with E-state index in [1.54, 1.807) is 0 Å². The molecule has 0 aliphatic carbocycles. The standard InChI is InChI=1S/C29H39ClN6OSi/c1-6-24-32-23-10-9-21(26(30)28(23)33-24)22-16-35(17-37-11-12-38(3,4)5)29-27(22)31-15-25(34-29)36-19-7-8-20(36)14-18(2)13-19/h9-10,15-16,18-20,24H,6-8,11-14,17H2,1-5H3/t18?,19-,20+,24?. The van der Waals surface area contributed by atoms with Crippen molar-refractivity contribution in [3.8, 4) is 11.1 Å². The third-order valence-electron chi connectivity index (χ3n) is 8.33. The number of benzene rings is 1. The van der Waals surface area contributed by atoms with Crippen molar-refractivity contribution >= 4 is 36.7 Å². The van der Waals surface area contributed by atoms with E-state index in [0.717, 1.165) is 63.8 Å². The summed E-state index contributed by atoms with van der Waals surface area (Å²) in [7, 11) is -1.17. The van der Waals surface area contributed by atoms with Crippen LogP contribution in [0.1, 0.15) is 46.0 Å². The number of nitrogens with zero attached hydrogens (tertiary/aromatic N) is 6. The van der Waals surface area contributed by atoms with Crippen LogP contribution in [0.2, 0.25) is 30.7 Å². The van der Waals surface area contributed by atoms with Crippen molar-refractivity contribution < 1.29 is 4.74 Å². The van der Waals surface area contributed by atoms with E-state index in [1.165, 1.54) is 25.7 Å². The van der Waals surface area contributed by atoms with Gasteiger partial charge in [-0.15, -0.1) is 0 Å². The third kappa shape index (κ3) is 4.80. The number of piperidine rings is 1. The molecule has 0 spiro atoms. The maximum Gasteiger partial charge on any atom is 0.163 e. The minimum atomic E-state index is -1.17. The zero-order valence-electron chi connectivity index (χ0n) is 23.2. The van der Waals surface area contributed by atoms with Crippen LogP contribution >= 0.6 is 11.6 Å². The van der Waals surface area contributed by atoms with Gasteiger partial charge in [0, 0.05) is 44.1 Å². The van der Waals surface area contributed by atoms with Crippen LogP contribution in [0.3, 0.4) is 0 Å². The van der Waals surface area contributed by atoms with Crippen molar-refractivity contribution in [1.82, 2.24) is 14.5 Å². The Hall–Kier alpha value is -2.29. The normalized spacial score (nSPS) is 24.5. The second-order valence-corrected chi connectivity index (χ2v) is 18.6. The molecular formula is C29H39ClN6OSi. The summed E-state index contributed by atoms with van der Waals surface area (Å²) in [6.07, 6.45) is 9.85. The van der Waals surface area contributed by atoms with Crippen LogP contribution in [0.4, 0.5) is 5.82 Å². The largest absolute Gasteiger partial charge is 0.361 e. The molecule has 4 atom stereocenters. The number of halogens is 1. The van der Waals surface area contributed by atoms with Gasteiger partial charge in [0.1, 0.15) is 29.6 Å². The Balaban J connectivity index is 1.41. The molecule has 0 radical (unpaired) electrons. The molecule has 202 valence electrons. The fraction of sp³-hybridized carbons (Fsp3) is 0.586. The molecule has 5 heterocycles. The number of aromatic nitrogens is 3. The predicted molar refractivity (Wildman–Crippen MR) is 156 cm³/mol. The van der Waals surface area contributed by atoms with Crippen molar-refractivity contribution in [2.24, 2.45) is 15.9 Å². The van der Waals surface area contributed by atoms with Crippen LogP contribution in [-0.2, 0) is 11.5 Å². The molecule has 6 rings (SSSR count). The highest BCUT2D eigenvalue weighted by Gasteiger charge is 2.40. The van der Waals surface area contributed by atoms with Crippen LogP contribution in [0.25, 0.3) is 22.3 Å². The lowest BCUT2D eigenvalue weighted by Gasteiger charge is -2.38. The highest BCUT2D eigenvalue weighted by Crippen LogP contribution is 2.41. The molecule has 1 aromatic carbocycles. The summed E-state index contributed by atoms with van der Waals surface area (Å²) in [6.45, 7) is 12.8. The highest BCUT2D eigenvalue weighted by molar-refractivity contribution is 6.76. The number of hydrogen-bond donors (Lipinski definition) is 0. The first-order chi connectivity index (χ1) is 18.2. The monoisotopic (exact) mass is 550 g/mol. The Bertz CT molecular complexity index is 1470. The van der Waals surface area contributed by atoms with Gasteiger partial charge in [0.05, 0.1) is 16.6 Å². The summed E-state index contributed by atoms with van der Waals surface area (Å²) >= 11 is 6.96. The molecule has 3 aromatic rings. The topological polar surface area (TPSA) is 67.9 Å². The van der Waals surface area contributed by atoms with Crippen LogP contribution < -0.4 is 15.6 Å². The molecule has 2 saturated heterocycles. The van der Waals surface area contributed by atoms with Crippen LogP contribution in [-0.4, -0.2) is 47.5 Å². The minimum absolute atomic E-state index is 0.0520. The van der Waals surface area contributed by atoms with Gasteiger partial charge in [0.2, 0.25) is 0 Å². The Morgan fingerprint density at radius 1 is 1.08 bits per heavy atom. The molecule has 2 bridgehead atoms. The Kier molecular flexibility index (Phi) is 6.85. The van der Waals surface area contributed by atoms with Gasteiger partial charge in [-0.2, -0.15) is 0 Å². The number of anilines is 1. The van der Waals surface area contributed by atoms with Crippen molar-refractivity contribution in [3.05, 3.63) is 40.3 Å². The second-order valence-electron chi connectivity index (χ2n) is 12.6. The molecule has 0 saturated carbocycles. The molecule has 7 nitrogen and oxygen atoms in total. The molecule has 9 heteroatoms. The quantitative estimate of drug-likeness (QED) is 0.262. The summed E-state index contributed by atoms with van der Waals surface area (Å²) in [5, 5.41) is 2.29. The molecule has 2 fully saturated rings. The van der Waals surface area contributed by atoms with E-state index >= 15 is 0 Å². The maximum atomic E-state index is 6.96. The van der Waals surface area contributed by atoms with Crippen LogP contribution in [0.15, 0.2) is 34.5 Å². The fourth-order valence-electron chi connectivity index (χ4n) is 6.33. The summed E-state index contributed by atoms with van der Waals surface area (Å²) in [4.78, 5) is 22.2. The van der Waals surface area contributed by atoms with Gasteiger partial charge >= 0.3 is 0 Å². The average molecular weight is 551 g/mol. The summed E-state index contributed by atoms with van der Waals surface area (Å²) < 4.78 is 8.30. The first-order valence-electron chi connectivity index (χ1n) is 14.2. The lowest BCUT2D eigenvalue weighted by atomic mass is 9.92. The van der Waals surface area contributed by atoms with Crippen molar-refractivity contribution in [2.75, 3.05) is 11.5 Å². The molecular weight excluding hydrogens is 512 g/mol. The van der Waals surface area contributed by atoms with Gasteiger partial charge in [-0.25, -0.2) is 9.97 Å². The first-order valence-corrected chi connectivity index (χ1v) is 18.3. The SMILES string of the molecule is CCC1N=c2ccc(-c3cn(COCC[Si](C)(C)C)c4nc(N5[C@@H]6CC[C@H]5CC(C)C6)cnc34)c(Cl)c2=N1. The number of fused-ring (bicyclic) bond motifs is 4. The van der Waals surface area contributed by atoms with E-state index in [2.05, 4.69) is 54.1 Å². The number of ether oxygens (including phenoxy) is 1. The average Bonchev–Trinajstić information content (AvgIpc) is 3.54. The molecule has 2 aromatic heterocycles. The third-order valence-corrected chi connectivity index (χ3v) is 10.4. The first kappa shape index (κ1) is 26.0. The van der Waals surface area contributed by atoms with Crippen molar-refractivity contribution in [2.45, 2.75) is 96.6 Å². The zero-order valence-corrected chi connectivity index (χ0v) is 25.0. The second kappa shape index (κ2) is 10.0. The van der Waals surface area contributed by atoms with Gasteiger partial charge < -0.3 is 14.2 Å². The minimum Gasteiger partial charge on any atom is -0.361 e. The molecule has 3 aliphatic heterocycles. The highest BCUT2D eigenvalue weighted by atomic mass is 35.5. The summed E-state index contributed by atoms with van der Waals surface area (Å²) in [5.74, 6) is 1.77. The van der Waals surface area contributed by atoms with E-state index in [-0.39, 0.29) is 6.17 Å². The molecule has 0 N–H and O–H groups in total. The lowest BCUT2D eigenvalue weighted by Crippen LogP contribution is -2.43. The van der Waals surface area contributed by atoms with Gasteiger partial charge in [0.15, 0.2) is 5.65 Å². The zero-order chi connectivity index (χ0) is 26.6. The molecule has 38 heavy (non-hydrogen) atoms. The number of rotatable bonds is 8. The van der Waals surface area contributed by atoms with Crippen molar-refractivity contribution in [3.63, 3.8) is 0 Å². The van der Waals surface area contributed by atoms with E-state index in [1.807, 2.05) is 18.3 Å². The summed E-state index contributed by atoms with van der Waals surface area (Å²) in [5.41, 5.74) is 3.59. The van der Waals surface area contributed by atoms with Gasteiger partial charge in [0.25, 0.3) is 0 Å². The van der Waals surface area contributed by atoms with E-state index in [0.29, 0.717) is 23.8 Å². The Morgan fingerprint density at radius 3 is 2.55 bits per heavy atom. The van der Waals surface area contributed by atoms with Gasteiger partial charge in [-0.05, 0) is 50.1 Å². The molecule has 0 amide bonds. The Labute approximate surface area is 231 Å². The van der Waals surface area contributed by atoms with E-state index < -0.39 is 8.07 Å². The summed E-state index contributed by atoms with van der Waals surface area (Å²) in [6, 6.07) is 6.33. The maximum absolute atomic E-state index is 6.96. The van der Waals surface area contributed by atoms with Gasteiger partial charge in [-0.1, -0.05) is 51.2 Å². The van der Waals surface area contributed by atoms with E-state index in [4.69, 9.17) is 31.3 Å².